The first-order valence-electron chi connectivity index (χ1n) is 7.12. The molecular formula is C16H20O10Si. The van der Waals surface area contributed by atoms with Crippen molar-refractivity contribution in [2.75, 3.05) is 14.2 Å². The molecule has 0 saturated heterocycles. The van der Waals surface area contributed by atoms with E-state index >= 15 is 0 Å². The van der Waals surface area contributed by atoms with E-state index in [9.17, 15) is 9.59 Å². The predicted octanol–water partition coefficient (Wildman–Crippen LogP) is -0.251. The third kappa shape index (κ3) is 12.1. The van der Waals surface area contributed by atoms with E-state index in [1.165, 1.54) is 62.8 Å². The van der Waals surface area contributed by atoms with Gasteiger partial charge in [0.05, 0.1) is 25.3 Å². The highest BCUT2D eigenvalue weighted by atomic mass is 28.4. The zero-order valence-corrected chi connectivity index (χ0v) is 15.4. The molecule has 11 heteroatoms. The fourth-order valence-electron chi connectivity index (χ4n) is 1.43. The SMILES string of the molecule is COC(=O)c1ccc(O)cc1.COC(=O)c1ccc(O)cc1.O[Si](O)(O)O. The van der Waals surface area contributed by atoms with Gasteiger partial charge in [-0.3, -0.25) is 0 Å². The summed E-state index contributed by atoms with van der Waals surface area (Å²) in [5, 5.41) is 17.7. The summed E-state index contributed by atoms with van der Waals surface area (Å²) in [5.41, 5.74) is 0.871. The number of esters is 2. The first-order chi connectivity index (χ1) is 12.5. The van der Waals surface area contributed by atoms with E-state index < -0.39 is 21.0 Å². The molecule has 0 bridgehead atoms. The van der Waals surface area contributed by atoms with E-state index in [4.69, 9.17) is 29.4 Å². The number of benzene rings is 2. The van der Waals surface area contributed by atoms with Crippen molar-refractivity contribution in [2.24, 2.45) is 0 Å². The van der Waals surface area contributed by atoms with Gasteiger partial charge in [0.2, 0.25) is 0 Å². The molecule has 2 rings (SSSR count). The molecule has 0 unspecified atom stereocenters. The molecule has 0 aliphatic carbocycles. The molecule has 0 aromatic heterocycles. The Labute approximate surface area is 155 Å². The van der Waals surface area contributed by atoms with Crippen molar-refractivity contribution in [3.63, 3.8) is 0 Å². The average molecular weight is 400 g/mol. The summed E-state index contributed by atoms with van der Waals surface area (Å²) in [5.74, 6) is -0.523. The third-order valence-electron chi connectivity index (χ3n) is 2.58. The maximum atomic E-state index is 10.8. The van der Waals surface area contributed by atoms with E-state index in [0.717, 1.165) is 0 Å². The molecule has 0 fully saturated rings. The van der Waals surface area contributed by atoms with Crippen LogP contribution in [0.4, 0.5) is 0 Å². The Hall–Kier alpha value is -2.96. The van der Waals surface area contributed by atoms with Gasteiger partial charge in [-0.1, -0.05) is 0 Å². The van der Waals surface area contributed by atoms with Crippen LogP contribution in [0.5, 0.6) is 11.5 Å². The second-order valence-electron chi connectivity index (χ2n) is 4.68. The van der Waals surface area contributed by atoms with E-state index in [1.807, 2.05) is 0 Å². The van der Waals surface area contributed by atoms with Gasteiger partial charge in [0, 0.05) is 0 Å². The lowest BCUT2D eigenvalue weighted by atomic mass is 10.2. The first kappa shape index (κ1) is 24.0. The summed E-state index contributed by atoms with van der Waals surface area (Å²) >= 11 is 0. The number of carbonyl (C=O) groups excluding carboxylic acids is 2. The number of methoxy groups -OCH3 is 2. The fourth-order valence-corrected chi connectivity index (χ4v) is 1.43. The van der Waals surface area contributed by atoms with Crippen LogP contribution in [0.3, 0.4) is 0 Å². The molecule has 0 aliphatic rings. The lowest BCUT2D eigenvalue weighted by Crippen LogP contribution is -2.33. The zero-order valence-electron chi connectivity index (χ0n) is 14.4. The van der Waals surface area contributed by atoms with Crippen LogP contribution in [0, 0.1) is 0 Å². The number of hydrogen-bond donors (Lipinski definition) is 6. The normalized spacial score (nSPS) is 9.70. The predicted molar refractivity (Wildman–Crippen MR) is 93.5 cm³/mol. The number of aromatic hydroxyl groups is 2. The van der Waals surface area contributed by atoms with Crippen molar-refractivity contribution >= 4 is 21.0 Å². The molecule has 0 aliphatic heterocycles. The lowest BCUT2D eigenvalue weighted by Gasteiger charge is -1.97. The molecule has 148 valence electrons. The van der Waals surface area contributed by atoms with Crippen LogP contribution in [0.2, 0.25) is 0 Å². The van der Waals surface area contributed by atoms with Gasteiger partial charge in [-0.2, -0.15) is 0 Å². The highest BCUT2D eigenvalue weighted by molar-refractivity contribution is 6.46. The number of phenolic OH excluding ortho intramolecular Hbond substituents is 2. The van der Waals surface area contributed by atoms with Crippen molar-refractivity contribution in [2.45, 2.75) is 0 Å². The molecule has 6 N–H and O–H groups in total. The van der Waals surface area contributed by atoms with Gasteiger partial charge in [-0.05, 0) is 48.5 Å². The number of phenols is 2. The topological polar surface area (TPSA) is 174 Å². The number of hydrogen-bond acceptors (Lipinski definition) is 10. The molecule has 27 heavy (non-hydrogen) atoms. The van der Waals surface area contributed by atoms with Gasteiger partial charge in [0.25, 0.3) is 0 Å². The van der Waals surface area contributed by atoms with Crippen molar-refractivity contribution < 1.29 is 48.5 Å². The molecule has 0 spiro atoms. The van der Waals surface area contributed by atoms with Crippen molar-refractivity contribution in [1.29, 1.82) is 0 Å². The monoisotopic (exact) mass is 400 g/mol. The van der Waals surface area contributed by atoms with Crippen molar-refractivity contribution in [3.8, 4) is 11.5 Å². The molecule has 0 amide bonds. The van der Waals surface area contributed by atoms with E-state index in [0.29, 0.717) is 11.1 Å². The molecule has 2 aromatic rings. The van der Waals surface area contributed by atoms with Gasteiger partial charge >= 0.3 is 21.0 Å². The second-order valence-corrected chi connectivity index (χ2v) is 5.88. The summed E-state index contributed by atoms with van der Waals surface area (Å²) < 4.78 is 8.91. The summed E-state index contributed by atoms with van der Waals surface area (Å²) in [6.07, 6.45) is 0. The average Bonchev–Trinajstić information content (AvgIpc) is 2.61. The molecule has 0 atom stereocenters. The van der Waals surface area contributed by atoms with Gasteiger partial charge in [0.15, 0.2) is 0 Å². The number of rotatable bonds is 2. The number of carbonyl (C=O) groups is 2. The Balaban J connectivity index is 0.000000405. The van der Waals surface area contributed by atoms with Crippen LogP contribution < -0.4 is 0 Å². The van der Waals surface area contributed by atoms with Crippen LogP contribution >= 0.6 is 0 Å². The minimum absolute atomic E-state index is 0.137. The summed E-state index contributed by atoms with van der Waals surface area (Å²) in [6, 6.07) is 11.8. The minimum atomic E-state index is -4.61. The molecule has 2 aromatic carbocycles. The highest BCUT2D eigenvalue weighted by Gasteiger charge is 2.22. The molecule has 10 nitrogen and oxygen atoms in total. The quantitative estimate of drug-likeness (QED) is 0.291. The van der Waals surface area contributed by atoms with Crippen LogP contribution in [-0.2, 0) is 9.47 Å². The Bertz CT molecular complexity index is 644. The second kappa shape index (κ2) is 11.6. The first-order valence-corrected chi connectivity index (χ1v) is 8.91. The lowest BCUT2D eigenvalue weighted by molar-refractivity contribution is 0.0592. The minimum Gasteiger partial charge on any atom is -0.508 e. The molecule has 0 radical (unpaired) electrons. The van der Waals surface area contributed by atoms with E-state index in [-0.39, 0.29) is 11.5 Å². The van der Waals surface area contributed by atoms with Crippen molar-refractivity contribution in [3.05, 3.63) is 59.7 Å². The Kier molecular flexibility index (Phi) is 10.3. The van der Waals surface area contributed by atoms with E-state index in [2.05, 4.69) is 9.47 Å². The maximum Gasteiger partial charge on any atom is 0.668 e. The molecular weight excluding hydrogens is 380 g/mol. The van der Waals surface area contributed by atoms with Crippen LogP contribution in [-0.4, -0.2) is 64.6 Å². The highest BCUT2D eigenvalue weighted by Crippen LogP contribution is 2.10. The Morgan fingerprint density at radius 1 is 0.667 bits per heavy atom. The molecule has 0 saturated carbocycles. The molecule has 0 heterocycles. The van der Waals surface area contributed by atoms with Gasteiger partial charge in [-0.15, -0.1) is 0 Å². The smallest absolute Gasteiger partial charge is 0.508 e. The summed E-state index contributed by atoms with van der Waals surface area (Å²) in [6.45, 7) is 0. The van der Waals surface area contributed by atoms with Crippen LogP contribution in [0.25, 0.3) is 0 Å². The fraction of sp³-hybridized carbons (Fsp3) is 0.125. The maximum absolute atomic E-state index is 10.8. The standard InChI is InChI=1S/2C8H8O3.H4O4Si/c2*1-11-8(10)6-2-4-7(9)5-3-6;1-5(2,3)4/h2*2-5,9H,1H3;1-4H. The Morgan fingerprint density at radius 3 is 1.07 bits per heavy atom. The van der Waals surface area contributed by atoms with Crippen LogP contribution in [0.15, 0.2) is 48.5 Å². The summed E-state index contributed by atoms with van der Waals surface area (Å²) in [7, 11) is -1.98. The number of ether oxygens (including phenoxy) is 2. The third-order valence-corrected chi connectivity index (χ3v) is 2.58. The van der Waals surface area contributed by atoms with Gasteiger partial charge in [-0.25, -0.2) is 9.59 Å². The van der Waals surface area contributed by atoms with E-state index in [1.54, 1.807) is 0 Å². The van der Waals surface area contributed by atoms with Crippen molar-refractivity contribution in [1.82, 2.24) is 0 Å². The van der Waals surface area contributed by atoms with Gasteiger partial charge in [0.1, 0.15) is 11.5 Å². The summed E-state index contributed by atoms with van der Waals surface area (Å²) in [4.78, 5) is 50.9. The van der Waals surface area contributed by atoms with Crippen LogP contribution in [0.1, 0.15) is 20.7 Å². The Morgan fingerprint density at radius 2 is 0.889 bits per heavy atom. The zero-order chi connectivity index (χ0) is 21.0. The van der Waals surface area contributed by atoms with Gasteiger partial charge < -0.3 is 38.9 Å². The largest absolute Gasteiger partial charge is 0.668 e.